The smallest absolute Gasteiger partial charge is 0.238 e. The molecule has 2 aliphatic heterocycles. The van der Waals surface area contributed by atoms with E-state index < -0.39 is 6.04 Å². The molecule has 6 nitrogen and oxygen atoms in total. The van der Waals surface area contributed by atoms with Crippen LogP contribution in [0.4, 0.5) is 0 Å². The Kier molecular flexibility index (Phi) is 6.04. The van der Waals surface area contributed by atoms with Crippen molar-refractivity contribution in [2.24, 2.45) is 0 Å². The molecule has 1 amide bonds. The van der Waals surface area contributed by atoms with E-state index >= 15 is 0 Å². The minimum atomic E-state index is -0.549. The highest BCUT2D eigenvalue weighted by Gasteiger charge is 2.52. The molecule has 1 aromatic carbocycles. The maximum atomic E-state index is 12.8. The van der Waals surface area contributed by atoms with Gasteiger partial charge in [0.2, 0.25) is 5.91 Å². The molecule has 0 aromatic heterocycles. The fraction of sp³-hybridized carbons (Fsp3) is 0.500. The molecule has 0 aliphatic carbocycles. The van der Waals surface area contributed by atoms with Gasteiger partial charge in [0.25, 0.3) is 0 Å². The SMILES string of the molecule is C/C=C/c1ccccc1[C@@H]1[C@@H](C#N)N(C(=O)CN2CCOCC2)[C@@H]1CO. The van der Waals surface area contributed by atoms with Crippen LogP contribution in [0.15, 0.2) is 30.3 Å². The monoisotopic (exact) mass is 355 g/mol. The number of ether oxygens (including phenoxy) is 1. The van der Waals surface area contributed by atoms with Crippen molar-refractivity contribution in [2.45, 2.75) is 24.9 Å². The van der Waals surface area contributed by atoms with E-state index in [0.717, 1.165) is 11.1 Å². The molecular formula is C20H25N3O3. The van der Waals surface area contributed by atoms with Gasteiger partial charge in [0.1, 0.15) is 6.04 Å². The van der Waals surface area contributed by atoms with Crippen LogP contribution in [0.5, 0.6) is 0 Å². The summed E-state index contributed by atoms with van der Waals surface area (Å²) >= 11 is 0. The van der Waals surface area contributed by atoms with Crippen molar-refractivity contribution >= 4 is 12.0 Å². The van der Waals surface area contributed by atoms with Crippen LogP contribution in [-0.2, 0) is 9.53 Å². The van der Waals surface area contributed by atoms with Crippen LogP contribution in [0.3, 0.4) is 0 Å². The summed E-state index contributed by atoms with van der Waals surface area (Å²) in [6.45, 7) is 4.74. The molecule has 0 bridgehead atoms. The summed E-state index contributed by atoms with van der Waals surface area (Å²) in [6.07, 6.45) is 3.95. The van der Waals surface area contributed by atoms with Crippen molar-refractivity contribution in [3.63, 3.8) is 0 Å². The number of carbonyl (C=O) groups is 1. The highest BCUT2D eigenvalue weighted by molar-refractivity contribution is 5.81. The minimum Gasteiger partial charge on any atom is -0.394 e. The molecule has 0 spiro atoms. The second-order valence-corrected chi connectivity index (χ2v) is 6.67. The average molecular weight is 355 g/mol. The Morgan fingerprint density at radius 3 is 2.77 bits per heavy atom. The topological polar surface area (TPSA) is 76.8 Å². The van der Waals surface area contributed by atoms with Gasteiger partial charge in [0, 0.05) is 19.0 Å². The Labute approximate surface area is 154 Å². The number of hydrogen-bond donors (Lipinski definition) is 1. The van der Waals surface area contributed by atoms with Gasteiger partial charge in [-0.15, -0.1) is 0 Å². The number of amides is 1. The molecule has 2 heterocycles. The molecule has 3 rings (SSSR count). The molecule has 0 saturated carbocycles. The van der Waals surface area contributed by atoms with E-state index in [2.05, 4.69) is 6.07 Å². The Hall–Kier alpha value is -2.20. The summed E-state index contributed by atoms with van der Waals surface area (Å²) in [4.78, 5) is 16.4. The van der Waals surface area contributed by atoms with Crippen molar-refractivity contribution in [1.29, 1.82) is 5.26 Å². The number of aliphatic hydroxyl groups is 1. The summed E-state index contributed by atoms with van der Waals surface area (Å²) in [5.74, 6) is -0.275. The fourth-order valence-electron chi connectivity index (χ4n) is 3.90. The third-order valence-corrected chi connectivity index (χ3v) is 5.18. The zero-order valence-electron chi connectivity index (χ0n) is 15.0. The molecule has 3 atom stereocenters. The molecule has 2 aliphatic rings. The van der Waals surface area contributed by atoms with Gasteiger partial charge in [-0.25, -0.2) is 0 Å². The van der Waals surface area contributed by atoms with E-state index in [1.54, 1.807) is 4.90 Å². The maximum Gasteiger partial charge on any atom is 0.238 e. The third kappa shape index (κ3) is 3.51. The number of benzene rings is 1. The lowest BCUT2D eigenvalue weighted by Gasteiger charge is -2.52. The van der Waals surface area contributed by atoms with Crippen LogP contribution in [-0.4, -0.2) is 72.4 Å². The van der Waals surface area contributed by atoms with Gasteiger partial charge in [-0.2, -0.15) is 5.26 Å². The first-order chi connectivity index (χ1) is 12.7. The number of likely N-dealkylation sites (tertiary alicyclic amines) is 1. The molecule has 0 radical (unpaired) electrons. The van der Waals surface area contributed by atoms with Gasteiger partial charge in [-0.05, 0) is 18.1 Å². The lowest BCUT2D eigenvalue weighted by Crippen LogP contribution is -2.66. The molecular weight excluding hydrogens is 330 g/mol. The van der Waals surface area contributed by atoms with E-state index in [9.17, 15) is 15.2 Å². The largest absolute Gasteiger partial charge is 0.394 e. The molecule has 6 heteroatoms. The van der Waals surface area contributed by atoms with Crippen molar-refractivity contribution in [2.75, 3.05) is 39.5 Å². The van der Waals surface area contributed by atoms with Crippen LogP contribution < -0.4 is 0 Å². The maximum absolute atomic E-state index is 12.8. The van der Waals surface area contributed by atoms with Gasteiger partial charge in [0.15, 0.2) is 0 Å². The second-order valence-electron chi connectivity index (χ2n) is 6.67. The first-order valence-corrected chi connectivity index (χ1v) is 9.04. The summed E-state index contributed by atoms with van der Waals surface area (Å²) in [5, 5.41) is 19.6. The van der Waals surface area contributed by atoms with Gasteiger partial charge in [0.05, 0.1) is 38.5 Å². The first-order valence-electron chi connectivity index (χ1n) is 9.04. The van der Waals surface area contributed by atoms with Crippen molar-refractivity contribution in [1.82, 2.24) is 9.80 Å². The number of hydrogen-bond acceptors (Lipinski definition) is 5. The number of aliphatic hydroxyl groups excluding tert-OH is 1. The molecule has 138 valence electrons. The molecule has 26 heavy (non-hydrogen) atoms. The molecule has 1 N–H and O–H groups in total. The van der Waals surface area contributed by atoms with Gasteiger partial charge >= 0.3 is 0 Å². The zero-order chi connectivity index (χ0) is 18.5. The van der Waals surface area contributed by atoms with E-state index in [1.807, 2.05) is 48.2 Å². The number of carbonyl (C=O) groups excluding carboxylic acids is 1. The van der Waals surface area contributed by atoms with E-state index in [1.165, 1.54) is 0 Å². The number of allylic oxidation sites excluding steroid dienone is 1. The summed E-state index contributed by atoms with van der Waals surface area (Å²) in [5.41, 5.74) is 2.03. The molecule has 1 aromatic rings. The average Bonchev–Trinajstić information content (AvgIpc) is 2.64. The quantitative estimate of drug-likeness (QED) is 0.860. The lowest BCUT2D eigenvalue weighted by molar-refractivity contribution is -0.149. The number of rotatable bonds is 5. The predicted octanol–water partition coefficient (Wildman–Crippen LogP) is 1.23. The minimum absolute atomic E-state index is 0.0998. The highest BCUT2D eigenvalue weighted by atomic mass is 16.5. The first kappa shape index (κ1) is 18.6. The van der Waals surface area contributed by atoms with Crippen molar-refractivity contribution in [3.8, 4) is 6.07 Å². The highest BCUT2D eigenvalue weighted by Crippen LogP contribution is 2.42. The lowest BCUT2D eigenvalue weighted by atomic mass is 9.74. The number of nitriles is 1. The van der Waals surface area contributed by atoms with E-state index in [0.29, 0.717) is 26.3 Å². The van der Waals surface area contributed by atoms with Crippen LogP contribution in [0.25, 0.3) is 6.08 Å². The van der Waals surface area contributed by atoms with Gasteiger partial charge in [-0.1, -0.05) is 36.4 Å². The van der Waals surface area contributed by atoms with E-state index in [4.69, 9.17) is 4.74 Å². The molecule has 2 saturated heterocycles. The normalized spacial score (nSPS) is 26.5. The third-order valence-electron chi connectivity index (χ3n) is 5.18. The number of morpholine rings is 1. The molecule has 0 unspecified atom stereocenters. The van der Waals surface area contributed by atoms with Crippen molar-refractivity contribution < 1.29 is 14.6 Å². The van der Waals surface area contributed by atoms with Crippen LogP contribution in [0.1, 0.15) is 24.0 Å². The van der Waals surface area contributed by atoms with E-state index in [-0.39, 0.29) is 31.0 Å². The fourth-order valence-corrected chi connectivity index (χ4v) is 3.90. The van der Waals surface area contributed by atoms with Crippen LogP contribution in [0, 0.1) is 11.3 Å². The van der Waals surface area contributed by atoms with Crippen molar-refractivity contribution in [3.05, 3.63) is 41.5 Å². The van der Waals surface area contributed by atoms with Gasteiger partial charge < -0.3 is 14.7 Å². The second kappa shape index (κ2) is 8.45. The summed E-state index contributed by atoms with van der Waals surface area (Å²) in [6, 6.07) is 9.23. The summed E-state index contributed by atoms with van der Waals surface area (Å²) in [7, 11) is 0. The van der Waals surface area contributed by atoms with Crippen LogP contribution >= 0.6 is 0 Å². The Balaban J connectivity index is 1.80. The zero-order valence-corrected chi connectivity index (χ0v) is 15.0. The van der Waals surface area contributed by atoms with Crippen LogP contribution in [0.2, 0.25) is 0 Å². The Morgan fingerprint density at radius 1 is 1.38 bits per heavy atom. The predicted molar refractivity (Wildman–Crippen MR) is 98.3 cm³/mol. The Bertz CT molecular complexity index is 706. The Morgan fingerprint density at radius 2 is 2.12 bits per heavy atom. The standard InChI is InChI=1S/C20H25N3O3/c1-2-5-15-6-3-4-7-16(15)20-17(12-21)23(18(20)14-24)19(25)13-22-8-10-26-11-9-22/h2-7,17-18,20,24H,8-11,13-14H2,1H3/b5-2+/t17-,18-,20-/m1/s1. The summed E-state index contributed by atoms with van der Waals surface area (Å²) < 4.78 is 5.31. The number of nitrogens with zero attached hydrogens (tertiary/aromatic N) is 3. The van der Waals surface area contributed by atoms with Gasteiger partial charge in [-0.3, -0.25) is 9.69 Å². The molecule has 2 fully saturated rings.